The van der Waals surface area contributed by atoms with Crippen LogP contribution < -0.4 is 5.56 Å². The summed E-state index contributed by atoms with van der Waals surface area (Å²) in [7, 11) is 0. The van der Waals surface area contributed by atoms with E-state index in [-0.39, 0.29) is 17.5 Å². The van der Waals surface area contributed by atoms with Gasteiger partial charge in [0, 0.05) is 24.7 Å². The number of nitrogens with one attached hydrogen (secondary N) is 1. The van der Waals surface area contributed by atoms with E-state index in [1.807, 2.05) is 4.90 Å². The van der Waals surface area contributed by atoms with Crippen molar-refractivity contribution < 1.29 is 9.32 Å². The van der Waals surface area contributed by atoms with Gasteiger partial charge in [-0.3, -0.25) is 9.59 Å². The van der Waals surface area contributed by atoms with Crippen LogP contribution in [0.5, 0.6) is 0 Å². The first-order valence-electron chi connectivity index (χ1n) is 8.47. The van der Waals surface area contributed by atoms with E-state index in [4.69, 9.17) is 4.52 Å². The van der Waals surface area contributed by atoms with Crippen molar-refractivity contribution in [2.75, 3.05) is 6.54 Å². The number of aromatic nitrogens is 3. The maximum atomic E-state index is 13.0. The Balaban J connectivity index is 1.63. The molecule has 2 aromatic heterocycles. The minimum Gasteiger partial charge on any atom is -0.339 e. The van der Waals surface area contributed by atoms with Gasteiger partial charge in [0.2, 0.25) is 11.4 Å². The number of amides is 1. The summed E-state index contributed by atoms with van der Waals surface area (Å²) in [6.07, 6.45) is 6.52. The highest BCUT2D eigenvalue weighted by Gasteiger charge is 2.35. The van der Waals surface area contributed by atoms with Crippen molar-refractivity contribution >= 4 is 5.91 Å². The molecule has 1 saturated carbocycles. The first-order chi connectivity index (χ1) is 11.6. The molecule has 1 unspecified atom stereocenters. The summed E-state index contributed by atoms with van der Waals surface area (Å²) < 4.78 is 5.37. The van der Waals surface area contributed by atoms with Gasteiger partial charge in [0.25, 0.3) is 5.91 Å². The Morgan fingerprint density at radius 1 is 1.33 bits per heavy atom. The van der Waals surface area contributed by atoms with Crippen LogP contribution in [0.2, 0.25) is 0 Å². The van der Waals surface area contributed by atoms with E-state index in [9.17, 15) is 9.59 Å². The fourth-order valence-electron chi connectivity index (χ4n) is 3.28. The van der Waals surface area contributed by atoms with Crippen molar-refractivity contribution in [3.63, 3.8) is 0 Å². The minimum absolute atomic E-state index is 0.0915. The maximum Gasteiger partial charge on any atom is 0.256 e. The van der Waals surface area contributed by atoms with Crippen molar-refractivity contribution in [1.29, 1.82) is 0 Å². The minimum atomic E-state index is -0.202. The first-order valence-corrected chi connectivity index (χ1v) is 8.47. The molecule has 0 aromatic carbocycles. The molecule has 7 heteroatoms. The van der Waals surface area contributed by atoms with Crippen molar-refractivity contribution in [3.05, 3.63) is 45.5 Å². The normalized spacial score (nSPS) is 21.0. The van der Waals surface area contributed by atoms with Crippen LogP contribution in [0.4, 0.5) is 0 Å². The van der Waals surface area contributed by atoms with E-state index in [0.717, 1.165) is 32.1 Å². The molecule has 3 heterocycles. The number of nitrogens with zero attached hydrogens (tertiary/aromatic N) is 3. The molecule has 24 heavy (non-hydrogen) atoms. The number of rotatable bonds is 3. The van der Waals surface area contributed by atoms with Gasteiger partial charge in [-0.1, -0.05) is 5.16 Å². The van der Waals surface area contributed by atoms with E-state index in [0.29, 0.717) is 35.3 Å². The summed E-state index contributed by atoms with van der Waals surface area (Å²) in [6, 6.07) is 1.29. The van der Waals surface area contributed by atoms with Crippen LogP contribution in [-0.2, 0) is 0 Å². The Hall–Kier alpha value is -2.44. The third-order valence-electron chi connectivity index (χ3n) is 4.81. The third-order valence-corrected chi connectivity index (χ3v) is 4.81. The predicted molar refractivity (Wildman–Crippen MR) is 85.7 cm³/mol. The smallest absolute Gasteiger partial charge is 0.256 e. The van der Waals surface area contributed by atoms with Crippen LogP contribution >= 0.6 is 0 Å². The van der Waals surface area contributed by atoms with Gasteiger partial charge in [0.05, 0.1) is 11.6 Å². The largest absolute Gasteiger partial charge is 0.339 e. The lowest BCUT2D eigenvalue weighted by Gasteiger charge is -2.34. The number of aryl methyl sites for hydroxylation is 1. The first kappa shape index (κ1) is 15.1. The Bertz CT molecular complexity index is 821. The summed E-state index contributed by atoms with van der Waals surface area (Å²) in [4.78, 5) is 33.3. The second-order valence-corrected chi connectivity index (χ2v) is 6.67. The number of carbonyl (C=O) groups is 1. The standard InChI is InChI=1S/C17H20N4O3/c1-10-8-14(22)18-9-12(10)17(23)21-7-3-2-4-13(21)15-19-16(24-20-15)11-5-6-11/h8-9,11,13H,2-7H2,1H3,(H,18,22). The second-order valence-electron chi connectivity index (χ2n) is 6.67. The van der Waals surface area contributed by atoms with E-state index >= 15 is 0 Å². The molecule has 2 aliphatic rings. The van der Waals surface area contributed by atoms with Gasteiger partial charge in [-0.05, 0) is 44.6 Å². The van der Waals surface area contributed by atoms with E-state index in [1.165, 1.54) is 12.3 Å². The van der Waals surface area contributed by atoms with Gasteiger partial charge < -0.3 is 14.4 Å². The van der Waals surface area contributed by atoms with Crippen molar-refractivity contribution in [3.8, 4) is 0 Å². The van der Waals surface area contributed by atoms with Crippen molar-refractivity contribution in [2.24, 2.45) is 0 Å². The van der Waals surface area contributed by atoms with Crippen LogP contribution in [0, 0.1) is 6.92 Å². The zero-order valence-corrected chi connectivity index (χ0v) is 13.6. The highest BCUT2D eigenvalue weighted by Crippen LogP contribution is 2.40. The summed E-state index contributed by atoms with van der Waals surface area (Å²) in [5.41, 5.74) is 0.999. The third kappa shape index (κ3) is 2.74. The van der Waals surface area contributed by atoms with Gasteiger partial charge in [-0.25, -0.2) is 0 Å². The van der Waals surface area contributed by atoms with Crippen LogP contribution in [-0.4, -0.2) is 32.5 Å². The lowest BCUT2D eigenvalue weighted by Crippen LogP contribution is -2.39. The average Bonchev–Trinajstić information content (AvgIpc) is 3.32. The molecule has 1 N–H and O–H groups in total. The fraction of sp³-hybridized carbons (Fsp3) is 0.529. The zero-order valence-electron chi connectivity index (χ0n) is 13.6. The van der Waals surface area contributed by atoms with Crippen molar-refractivity contribution in [1.82, 2.24) is 20.0 Å². The molecule has 1 aliphatic heterocycles. The van der Waals surface area contributed by atoms with Gasteiger partial charge in [0.15, 0.2) is 5.82 Å². The molecule has 4 rings (SSSR count). The molecule has 1 amide bonds. The molecule has 1 atom stereocenters. The number of carbonyl (C=O) groups excluding carboxylic acids is 1. The zero-order chi connectivity index (χ0) is 16.7. The number of H-pyrrole nitrogens is 1. The summed E-state index contributed by atoms with van der Waals surface area (Å²) in [6.45, 7) is 2.44. The number of piperidine rings is 1. The number of aromatic amines is 1. The van der Waals surface area contributed by atoms with Gasteiger partial charge >= 0.3 is 0 Å². The summed E-state index contributed by atoms with van der Waals surface area (Å²) in [5.74, 6) is 1.61. The van der Waals surface area contributed by atoms with Crippen LogP contribution in [0.15, 0.2) is 21.6 Å². The maximum absolute atomic E-state index is 13.0. The number of hydrogen-bond acceptors (Lipinski definition) is 5. The molecule has 1 saturated heterocycles. The summed E-state index contributed by atoms with van der Waals surface area (Å²) in [5, 5.41) is 4.13. The molecular formula is C17H20N4O3. The molecule has 0 radical (unpaired) electrons. The van der Waals surface area contributed by atoms with Crippen LogP contribution in [0.25, 0.3) is 0 Å². The lowest BCUT2D eigenvalue weighted by atomic mass is 9.99. The number of likely N-dealkylation sites (tertiary alicyclic amines) is 1. The second kappa shape index (κ2) is 5.89. The highest BCUT2D eigenvalue weighted by molar-refractivity contribution is 5.95. The quantitative estimate of drug-likeness (QED) is 0.933. The lowest BCUT2D eigenvalue weighted by molar-refractivity contribution is 0.0595. The molecular weight excluding hydrogens is 308 g/mol. The SMILES string of the molecule is Cc1cc(=O)[nH]cc1C(=O)N1CCCCC1c1noc(C2CC2)n1. The van der Waals surface area contributed by atoms with Crippen molar-refractivity contribution in [2.45, 2.75) is 51.0 Å². The highest BCUT2D eigenvalue weighted by atomic mass is 16.5. The molecule has 126 valence electrons. The number of pyridine rings is 1. The van der Waals surface area contributed by atoms with E-state index < -0.39 is 0 Å². The monoisotopic (exact) mass is 328 g/mol. The van der Waals surface area contributed by atoms with Gasteiger partial charge in [-0.2, -0.15) is 4.98 Å². The predicted octanol–water partition coefficient (Wildman–Crippen LogP) is 2.31. The van der Waals surface area contributed by atoms with E-state index in [1.54, 1.807) is 6.92 Å². The van der Waals surface area contributed by atoms with Gasteiger partial charge in [-0.15, -0.1) is 0 Å². The van der Waals surface area contributed by atoms with Gasteiger partial charge in [0.1, 0.15) is 0 Å². The Morgan fingerprint density at radius 3 is 2.92 bits per heavy atom. The fourth-order valence-corrected chi connectivity index (χ4v) is 3.28. The molecule has 2 fully saturated rings. The molecule has 7 nitrogen and oxygen atoms in total. The Labute approximate surface area is 139 Å². The van der Waals surface area contributed by atoms with Crippen LogP contribution in [0.1, 0.15) is 71.7 Å². The summed E-state index contributed by atoms with van der Waals surface area (Å²) >= 11 is 0. The Morgan fingerprint density at radius 2 is 2.17 bits per heavy atom. The molecule has 0 spiro atoms. The van der Waals surface area contributed by atoms with Crippen LogP contribution in [0.3, 0.4) is 0 Å². The Kier molecular flexibility index (Phi) is 3.70. The molecule has 0 bridgehead atoms. The number of hydrogen-bond donors (Lipinski definition) is 1. The van der Waals surface area contributed by atoms with E-state index in [2.05, 4.69) is 15.1 Å². The molecule has 1 aliphatic carbocycles. The average molecular weight is 328 g/mol. The topological polar surface area (TPSA) is 92.1 Å². The molecule has 2 aromatic rings.